The van der Waals surface area contributed by atoms with E-state index in [9.17, 15) is 4.79 Å². The Morgan fingerprint density at radius 2 is 2.32 bits per heavy atom. The average molecular weight is 318 g/mol. The van der Waals surface area contributed by atoms with E-state index >= 15 is 0 Å². The van der Waals surface area contributed by atoms with Gasteiger partial charge in [-0.2, -0.15) is 5.10 Å². The third-order valence-corrected chi connectivity index (χ3v) is 5.36. The Bertz CT molecular complexity index is 688. The Morgan fingerprint density at radius 3 is 3.05 bits per heavy atom. The maximum atomic E-state index is 12.3. The van der Waals surface area contributed by atoms with E-state index in [2.05, 4.69) is 28.4 Å². The normalized spacial score (nSPS) is 17.3. The van der Waals surface area contributed by atoms with Gasteiger partial charge in [-0.25, -0.2) is 9.67 Å². The minimum atomic E-state index is 0.0292. The Balaban J connectivity index is 1.57. The second kappa shape index (κ2) is 6.20. The van der Waals surface area contributed by atoms with Crippen LogP contribution < -0.4 is 5.32 Å². The molecule has 0 aliphatic heterocycles. The smallest absolute Gasteiger partial charge is 0.261 e. The average Bonchev–Trinajstić information content (AvgIpc) is 3.01. The summed E-state index contributed by atoms with van der Waals surface area (Å²) in [5.74, 6) is 2.41. The molecule has 1 amide bonds. The van der Waals surface area contributed by atoms with Crippen LogP contribution in [0, 0.1) is 19.8 Å². The van der Waals surface area contributed by atoms with E-state index in [4.69, 9.17) is 0 Å². The quantitative estimate of drug-likeness (QED) is 0.942. The molecule has 1 atom stereocenters. The number of fused-ring (bicyclic) bond motifs is 1. The molecule has 118 valence electrons. The minimum absolute atomic E-state index is 0.0292. The highest BCUT2D eigenvalue weighted by atomic mass is 32.1. The molecule has 3 rings (SSSR count). The lowest BCUT2D eigenvalue weighted by Crippen LogP contribution is -2.27. The molecule has 1 aliphatic rings. The third kappa shape index (κ3) is 3.21. The monoisotopic (exact) mass is 318 g/mol. The Kier molecular flexibility index (Phi) is 4.29. The Labute approximate surface area is 134 Å². The largest absolute Gasteiger partial charge is 0.349 e. The van der Waals surface area contributed by atoms with E-state index in [0.29, 0.717) is 13.1 Å². The van der Waals surface area contributed by atoms with Crippen LogP contribution in [0.15, 0.2) is 6.07 Å². The van der Waals surface area contributed by atoms with Crippen LogP contribution in [-0.2, 0) is 19.4 Å². The fourth-order valence-electron chi connectivity index (χ4n) is 2.95. The molecule has 0 aromatic carbocycles. The maximum absolute atomic E-state index is 12.3. The fourth-order valence-corrected chi connectivity index (χ4v) is 4.08. The van der Waals surface area contributed by atoms with Crippen LogP contribution >= 0.6 is 11.3 Å². The summed E-state index contributed by atoms with van der Waals surface area (Å²) in [6.45, 7) is 7.31. The first-order chi connectivity index (χ1) is 10.5. The van der Waals surface area contributed by atoms with E-state index in [-0.39, 0.29) is 5.91 Å². The molecule has 2 aromatic rings. The summed E-state index contributed by atoms with van der Waals surface area (Å²) in [4.78, 5) is 18.8. The standard InChI is InChI=1S/C16H22N4OS/c1-10-4-5-14-13(8-10)9-15(22-14)16(21)17-6-7-20-12(3)18-11(2)19-20/h9-10H,4-8H2,1-3H3,(H,17,21). The van der Waals surface area contributed by atoms with Gasteiger partial charge in [-0.1, -0.05) is 6.92 Å². The molecule has 2 aromatic heterocycles. The molecule has 1 N–H and O–H groups in total. The van der Waals surface area contributed by atoms with Crippen LogP contribution in [-0.4, -0.2) is 27.2 Å². The van der Waals surface area contributed by atoms with E-state index < -0.39 is 0 Å². The number of aryl methyl sites for hydroxylation is 3. The van der Waals surface area contributed by atoms with E-state index in [1.807, 2.05) is 18.5 Å². The topological polar surface area (TPSA) is 59.8 Å². The number of rotatable bonds is 4. The first-order valence-electron chi connectivity index (χ1n) is 7.80. The first-order valence-corrected chi connectivity index (χ1v) is 8.62. The lowest BCUT2D eigenvalue weighted by atomic mass is 9.90. The Morgan fingerprint density at radius 1 is 1.50 bits per heavy atom. The molecule has 0 saturated heterocycles. The van der Waals surface area contributed by atoms with E-state index in [1.54, 1.807) is 11.3 Å². The molecule has 5 nitrogen and oxygen atoms in total. The zero-order chi connectivity index (χ0) is 15.7. The molecular formula is C16H22N4OS. The van der Waals surface area contributed by atoms with Gasteiger partial charge in [0.2, 0.25) is 0 Å². The zero-order valence-corrected chi connectivity index (χ0v) is 14.2. The van der Waals surface area contributed by atoms with Gasteiger partial charge in [-0.15, -0.1) is 11.3 Å². The fraction of sp³-hybridized carbons (Fsp3) is 0.562. The molecular weight excluding hydrogens is 296 g/mol. The molecule has 0 spiro atoms. The lowest BCUT2D eigenvalue weighted by Gasteiger charge is -2.16. The molecule has 1 unspecified atom stereocenters. The number of nitrogens with one attached hydrogen (secondary N) is 1. The van der Waals surface area contributed by atoms with Gasteiger partial charge in [0.1, 0.15) is 11.6 Å². The van der Waals surface area contributed by atoms with Crippen LogP contribution in [0.2, 0.25) is 0 Å². The van der Waals surface area contributed by atoms with Crippen LogP contribution in [0.5, 0.6) is 0 Å². The van der Waals surface area contributed by atoms with Crippen molar-refractivity contribution in [3.8, 4) is 0 Å². The van der Waals surface area contributed by atoms with Gasteiger partial charge in [0.05, 0.1) is 11.4 Å². The highest BCUT2D eigenvalue weighted by molar-refractivity contribution is 7.14. The van der Waals surface area contributed by atoms with Gasteiger partial charge in [0.25, 0.3) is 5.91 Å². The summed E-state index contributed by atoms with van der Waals surface area (Å²) in [7, 11) is 0. The first kappa shape index (κ1) is 15.2. The Hall–Kier alpha value is -1.69. The number of hydrogen-bond donors (Lipinski definition) is 1. The number of thiophene rings is 1. The molecule has 0 radical (unpaired) electrons. The van der Waals surface area contributed by atoms with Gasteiger partial charge in [0, 0.05) is 11.4 Å². The summed E-state index contributed by atoms with van der Waals surface area (Å²) >= 11 is 1.65. The van der Waals surface area contributed by atoms with Crippen LogP contribution in [0.25, 0.3) is 0 Å². The number of amides is 1. The van der Waals surface area contributed by atoms with Gasteiger partial charge in [0.15, 0.2) is 0 Å². The summed E-state index contributed by atoms with van der Waals surface area (Å²) in [6, 6.07) is 2.08. The molecule has 6 heteroatoms. The lowest BCUT2D eigenvalue weighted by molar-refractivity contribution is 0.0956. The van der Waals surface area contributed by atoms with Crippen molar-refractivity contribution in [2.45, 2.75) is 46.6 Å². The van der Waals surface area contributed by atoms with Crippen molar-refractivity contribution in [1.29, 1.82) is 0 Å². The van der Waals surface area contributed by atoms with Crippen molar-refractivity contribution in [1.82, 2.24) is 20.1 Å². The highest BCUT2D eigenvalue weighted by Crippen LogP contribution is 2.32. The predicted octanol–water partition coefficient (Wildman–Crippen LogP) is 2.51. The molecule has 22 heavy (non-hydrogen) atoms. The van der Waals surface area contributed by atoms with Crippen LogP contribution in [0.4, 0.5) is 0 Å². The zero-order valence-electron chi connectivity index (χ0n) is 13.3. The van der Waals surface area contributed by atoms with Gasteiger partial charge >= 0.3 is 0 Å². The van der Waals surface area contributed by atoms with Crippen molar-refractivity contribution in [3.63, 3.8) is 0 Å². The molecule has 0 fully saturated rings. The number of carbonyl (C=O) groups is 1. The predicted molar refractivity (Wildman–Crippen MR) is 87.3 cm³/mol. The third-order valence-electron chi connectivity index (χ3n) is 4.12. The number of hydrogen-bond acceptors (Lipinski definition) is 4. The van der Waals surface area contributed by atoms with Gasteiger partial charge in [-0.05, 0) is 50.7 Å². The molecule has 0 saturated carbocycles. The molecule has 0 bridgehead atoms. The number of carbonyl (C=O) groups excluding carboxylic acids is 1. The van der Waals surface area contributed by atoms with Crippen molar-refractivity contribution in [2.75, 3.05) is 6.54 Å². The van der Waals surface area contributed by atoms with E-state index in [1.165, 1.54) is 16.9 Å². The van der Waals surface area contributed by atoms with Gasteiger partial charge in [-0.3, -0.25) is 4.79 Å². The summed E-state index contributed by atoms with van der Waals surface area (Å²) in [5.41, 5.74) is 1.37. The van der Waals surface area contributed by atoms with Crippen molar-refractivity contribution in [3.05, 3.63) is 33.0 Å². The van der Waals surface area contributed by atoms with Crippen LogP contribution in [0.1, 0.15) is 45.1 Å². The summed E-state index contributed by atoms with van der Waals surface area (Å²) in [5, 5.41) is 7.29. The van der Waals surface area contributed by atoms with Crippen molar-refractivity contribution >= 4 is 17.2 Å². The molecule has 2 heterocycles. The highest BCUT2D eigenvalue weighted by Gasteiger charge is 2.20. The van der Waals surface area contributed by atoms with E-state index in [0.717, 1.165) is 35.3 Å². The maximum Gasteiger partial charge on any atom is 0.261 e. The second-order valence-corrected chi connectivity index (χ2v) is 7.23. The summed E-state index contributed by atoms with van der Waals surface area (Å²) in [6.07, 6.45) is 3.46. The number of nitrogens with zero attached hydrogens (tertiary/aromatic N) is 3. The van der Waals surface area contributed by atoms with Crippen molar-refractivity contribution < 1.29 is 4.79 Å². The number of aromatic nitrogens is 3. The SMILES string of the molecule is Cc1nc(C)n(CCNC(=O)c2cc3c(s2)CCC(C)C3)n1. The van der Waals surface area contributed by atoms with Gasteiger partial charge < -0.3 is 5.32 Å². The second-order valence-electron chi connectivity index (χ2n) is 6.09. The van der Waals surface area contributed by atoms with Crippen molar-refractivity contribution in [2.24, 2.45) is 5.92 Å². The van der Waals surface area contributed by atoms with Crippen LogP contribution in [0.3, 0.4) is 0 Å². The molecule has 1 aliphatic carbocycles. The minimum Gasteiger partial charge on any atom is -0.349 e. The summed E-state index contributed by atoms with van der Waals surface area (Å²) < 4.78 is 1.83.